The first kappa shape index (κ1) is 40.2. The molecule has 0 saturated carbocycles. The van der Waals surface area contributed by atoms with E-state index in [-0.39, 0.29) is 0 Å². The standard InChI is InChI=1S/C62H44N4/c1-3-4-23-49-41(2)16-12-27-53(49)57-39-58(54-28-13-20-44-17-6-5-7-24-50(44)54)64-61(63-57)47-35-31-42(32-36-47)43-33-37-48(38-34-43)62-65-59(55-29-14-21-45-18-8-10-25-51(45)55)40-60(66-62)56-30-15-22-46-19-9-11-26-52(46)56/h3-16,18-40H,1,17H2,2H3/b23-4-. The predicted octanol–water partition coefficient (Wildman–Crippen LogP) is 15.9. The number of aryl methyl sites for hydroxylation is 1. The maximum atomic E-state index is 5.28. The molecule has 66 heavy (non-hydrogen) atoms. The normalized spacial score (nSPS) is 12.1. The van der Waals surface area contributed by atoms with Gasteiger partial charge in [-0.3, -0.25) is 0 Å². The topological polar surface area (TPSA) is 51.6 Å². The van der Waals surface area contributed by atoms with Crippen LogP contribution in [0.5, 0.6) is 0 Å². The van der Waals surface area contributed by atoms with E-state index in [0.29, 0.717) is 11.6 Å². The fourth-order valence-corrected chi connectivity index (χ4v) is 9.15. The Balaban J connectivity index is 0.973. The molecule has 312 valence electrons. The van der Waals surface area contributed by atoms with Gasteiger partial charge in [-0.2, -0.15) is 0 Å². The summed E-state index contributed by atoms with van der Waals surface area (Å²) in [5, 5.41) is 4.67. The number of hydrogen-bond donors (Lipinski definition) is 0. The highest BCUT2D eigenvalue weighted by Gasteiger charge is 2.18. The van der Waals surface area contributed by atoms with Crippen molar-refractivity contribution in [3.63, 3.8) is 0 Å². The van der Waals surface area contributed by atoms with Crippen molar-refractivity contribution < 1.29 is 0 Å². The van der Waals surface area contributed by atoms with Gasteiger partial charge in [-0.05, 0) is 80.4 Å². The summed E-state index contributed by atoms with van der Waals surface area (Å²) in [5.74, 6) is 1.35. The summed E-state index contributed by atoms with van der Waals surface area (Å²) >= 11 is 0. The largest absolute Gasteiger partial charge is 0.228 e. The minimum atomic E-state index is 0.670. The highest BCUT2D eigenvalue weighted by Crippen LogP contribution is 2.37. The van der Waals surface area contributed by atoms with Gasteiger partial charge in [0.25, 0.3) is 0 Å². The van der Waals surface area contributed by atoms with Gasteiger partial charge >= 0.3 is 0 Å². The smallest absolute Gasteiger partial charge is 0.160 e. The molecule has 0 aliphatic heterocycles. The van der Waals surface area contributed by atoms with Gasteiger partial charge in [-0.1, -0.05) is 219 Å². The van der Waals surface area contributed by atoms with Gasteiger partial charge in [-0.15, -0.1) is 0 Å². The molecule has 1 aliphatic rings. The van der Waals surface area contributed by atoms with E-state index in [4.69, 9.17) is 19.9 Å². The third kappa shape index (κ3) is 7.75. The Morgan fingerprint density at radius 2 is 0.924 bits per heavy atom. The van der Waals surface area contributed by atoms with E-state index in [1.54, 1.807) is 0 Å². The lowest BCUT2D eigenvalue weighted by atomic mass is 9.94. The third-order valence-electron chi connectivity index (χ3n) is 12.5. The van der Waals surface area contributed by atoms with Crippen LogP contribution in [-0.4, -0.2) is 19.9 Å². The first-order valence-electron chi connectivity index (χ1n) is 22.4. The Labute approximate surface area is 385 Å². The molecule has 0 saturated heterocycles. The van der Waals surface area contributed by atoms with Gasteiger partial charge in [-0.25, -0.2) is 19.9 Å². The molecule has 0 amide bonds. The maximum absolute atomic E-state index is 5.28. The second-order valence-corrected chi connectivity index (χ2v) is 16.6. The average Bonchev–Trinajstić information content (AvgIpc) is 3.64. The molecule has 8 aromatic carbocycles. The van der Waals surface area contributed by atoms with Crippen molar-refractivity contribution >= 4 is 33.7 Å². The SMILES string of the molecule is C=C/C=C\c1c(C)cccc1-c1cc(-c2cccc3c2C=CC=CC3)nc(-c2ccc(-c3ccc(-c4nc(-c5cccc6ccccc56)cc(-c5cccc6ccccc56)n4)cc3)cc2)n1. The number of hydrogen-bond acceptors (Lipinski definition) is 4. The van der Waals surface area contributed by atoms with Crippen LogP contribution < -0.4 is 0 Å². The maximum Gasteiger partial charge on any atom is 0.160 e. The lowest BCUT2D eigenvalue weighted by molar-refractivity contribution is 1.17. The molecule has 2 heterocycles. The van der Waals surface area contributed by atoms with E-state index in [0.717, 1.165) is 90.0 Å². The summed E-state index contributed by atoms with van der Waals surface area (Å²) < 4.78 is 0. The molecule has 0 bridgehead atoms. The van der Waals surface area contributed by atoms with Crippen LogP contribution in [0.3, 0.4) is 0 Å². The number of nitrogens with zero attached hydrogens (tertiary/aromatic N) is 4. The first-order chi connectivity index (χ1) is 32.6. The van der Waals surface area contributed by atoms with Crippen LogP contribution in [0.2, 0.25) is 0 Å². The second kappa shape index (κ2) is 17.5. The van der Waals surface area contributed by atoms with E-state index in [9.17, 15) is 0 Å². The minimum absolute atomic E-state index is 0.670. The average molecular weight is 845 g/mol. The van der Waals surface area contributed by atoms with Crippen molar-refractivity contribution in [3.05, 3.63) is 241 Å². The Kier molecular flexibility index (Phi) is 10.7. The number of aromatic nitrogens is 4. The summed E-state index contributed by atoms with van der Waals surface area (Å²) in [4.78, 5) is 21.0. The third-order valence-corrected chi connectivity index (χ3v) is 12.5. The zero-order valence-electron chi connectivity index (χ0n) is 36.6. The van der Waals surface area contributed by atoms with E-state index in [2.05, 4.69) is 226 Å². The van der Waals surface area contributed by atoms with Gasteiger partial charge in [0.2, 0.25) is 0 Å². The second-order valence-electron chi connectivity index (χ2n) is 16.6. The van der Waals surface area contributed by atoms with Crippen LogP contribution in [-0.2, 0) is 6.42 Å². The van der Waals surface area contributed by atoms with Gasteiger partial charge < -0.3 is 0 Å². The van der Waals surface area contributed by atoms with Crippen LogP contribution in [0.4, 0.5) is 0 Å². The van der Waals surface area contributed by atoms with Crippen LogP contribution in [0.25, 0.3) is 113 Å². The van der Waals surface area contributed by atoms with Crippen LogP contribution in [0.1, 0.15) is 22.3 Å². The molecule has 0 spiro atoms. The fourth-order valence-electron chi connectivity index (χ4n) is 9.15. The van der Waals surface area contributed by atoms with Crippen molar-refractivity contribution in [1.29, 1.82) is 0 Å². The van der Waals surface area contributed by atoms with Crippen molar-refractivity contribution in [3.8, 4) is 78.9 Å². The number of rotatable bonds is 9. The van der Waals surface area contributed by atoms with Gasteiger partial charge in [0.15, 0.2) is 11.6 Å². The summed E-state index contributed by atoms with van der Waals surface area (Å²) in [6.07, 6.45) is 15.4. The molecular weight excluding hydrogens is 801 g/mol. The highest BCUT2D eigenvalue weighted by atomic mass is 14.9. The fraction of sp³-hybridized carbons (Fsp3) is 0.0323. The van der Waals surface area contributed by atoms with E-state index in [1.807, 2.05) is 12.2 Å². The predicted molar refractivity (Wildman–Crippen MR) is 277 cm³/mol. The van der Waals surface area contributed by atoms with Crippen LogP contribution in [0, 0.1) is 6.92 Å². The van der Waals surface area contributed by atoms with E-state index in [1.165, 1.54) is 27.5 Å². The Hall–Kier alpha value is -8.60. The minimum Gasteiger partial charge on any atom is -0.228 e. The number of allylic oxidation sites excluding steroid dienone is 5. The lowest BCUT2D eigenvalue weighted by Crippen LogP contribution is -1.99. The van der Waals surface area contributed by atoms with Crippen molar-refractivity contribution in [2.75, 3.05) is 0 Å². The molecule has 0 N–H and O–H groups in total. The van der Waals surface area contributed by atoms with Crippen molar-refractivity contribution in [1.82, 2.24) is 19.9 Å². The molecule has 0 radical (unpaired) electrons. The summed E-state index contributed by atoms with van der Waals surface area (Å²) in [6, 6.07) is 64.1. The van der Waals surface area contributed by atoms with Crippen LogP contribution >= 0.6 is 0 Å². The molecule has 0 atom stereocenters. The lowest BCUT2D eigenvalue weighted by Gasteiger charge is -2.15. The summed E-state index contributed by atoms with van der Waals surface area (Å²) in [6.45, 7) is 6.06. The zero-order valence-corrected chi connectivity index (χ0v) is 36.6. The molecule has 4 heteroatoms. The van der Waals surface area contributed by atoms with E-state index < -0.39 is 0 Å². The Bertz CT molecular complexity index is 3470. The molecule has 2 aromatic heterocycles. The molecule has 10 aromatic rings. The molecule has 0 unspecified atom stereocenters. The van der Waals surface area contributed by atoms with E-state index >= 15 is 0 Å². The van der Waals surface area contributed by atoms with Gasteiger partial charge in [0, 0.05) is 33.4 Å². The van der Waals surface area contributed by atoms with Crippen molar-refractivity contribution in [2.24, 2.45) is 0 Å². The highest BCUT2D eigenvalue weighted by molar-refractivity contribution is 5.99. The van der Waals surface area contributed by atoms with Crippen molar-refractivity contribution in [2.45, 2.75) is 13.3 Å². The Morgan fingerprint density at radius 3 is 1.52 bits per heavy atom. The molecule has 0 fully saturated rings. The summed E-state index contributed by atoms with van der Waals surface area (Å²) in [5.41, 5.74) is 16.6. The number of fused-ring (bicyclic) bond motifs is 3. The molecule has 4 nitrogen and oxygen atoms in total. The monoisotopic (exact) mass is 844 g/mol. The molecular formula is C62H44N4. The Morgan fingerprint density at radius 1 is 0.455 bits per heavy atom. The molecule has 11 rings (SSSR count). The van der Waals surface area contributed by atoms with Gasteiger partial charge in [0.1, 0.15) is 0 Å². The first-order valence-corrected chi connectivity index (χ1v) is 22.4. The molecule has 1 aliphatic carbocycles. The zero-order chi connectivity index (χ0) is 44.4. The van der Waals surface area contributed by atoms with Crippen LogP contribution in [0.15, 0.2) is 219 Å². The quantitative estimate of drug-likeness (QED) is 0.136. The summed E-state index contributed by atoms with van der Waals surface area (Å²) in [7, 11) is 0. The van der Waals surface area contributed by atoms with Gasteiger partial charge in [0.05, 0.1) is 22.8 Å². The number of benzene rings is 8.